The smallest absolute Gasteiger partial charge is 0.216 e. The summed E-state index contributed by atoms with van der Waals surface area (Å²) in [5.41, 5.74) is -0.0957. The van der Waals surface area contributed by atoms with E-state index in [1.54, 1.807) is 26.0 Å². The number of rotatable bonds is 0. The van der Waals surface area contributed by atoms with E-state index in [1.807, 2.05) is 24.3 Å². The normalized spacial score (nSPS) is 17.6. The molecule has 1 aliphatic heterocycles. The van der Waals surface area contributed by atoms with Gasteiger partial charge >= 0.3 is 0 Å². The Kier molecular flexibility index (Phi) is 2.28. The van der Waals surface area contributed by atoms with Gasteiger partial charge in [0.1, 0.15) is 11.8 Å². The second-order valence-electron chi connectivity index (χ2n) is 4.15. The molecule has 0 aromatic heterocycles. The molecular weight excluding hydrogens is 202 g/mol. The van der Waals surface area contributed by atoms with E-state index in [4.69, 9.17) is 10.00 Å². The van der Waals surface area contributed by atoms with Crippen LogP contribution in [0.15, 0.2) is 29.8 Å². The molecule has 0 unspecified atom stereocenters. The zero-order chi connectivity index (χ0) is 11.8. The summed E-state index contributed by atoms with van der Waals surface area (Å²) in [4.78, 5) is 12.0. The highest BCUT2D eigenvalue weighted by atomic mass is 16.5. The fourth-order valence-electron chi connectivity index (χ4n) is 1.64. The first-order chi connectivity index (χ1) is 7.54. The number of para-hydroxylation sites is 1. The van der Waals surface area contributed by atoms with Crippen LogP contribution >= 0.6 is 0 Å². The van der Waals surface area contributed by atoms with Gasteiger partial charge in [0.25, 0.3) is 0 Å². The number of nitriles is 1. The van der Waals surface area contributed by atoms with E-state index in [9.17, 15) is 4.79 Å². The van der Waals surface area contributed by atoms with Crippen LogP contribution in [0.25, 0.3) is 6.08 Å². The molecule has 2 rings (SSSR count). The molecule has 80 valence electrons. The van der Waals surface area contributed by atoms with Crippen LogP contribution in [-0.4, -0.2) is 11.4 Å². The minimum Gasteiger partial charge on any atom is -0.479 e. The van der Waals surface area contributed by atoms with E-state index in [0.29, 0.717) is 5.75 Å². The lowest BCUT2D eigenvalue weighted by atomic mass is 9.97. The molecule has 0 spiro atoms. The highest BCUT2D eigenvalue weighted by molar-refractivity contribution is 6.09. The molecule has 0 saturated carbocycles. The summed E-state index contributed by atoms with van der Waals surface area (Å²) in [7, 11) is 0. The van der Waals surface area contributed by atoms with E-state index in [-0.39, 0.29) is 11.4 Å². The molecule has 1 aromatic carbocycles. The molecule has 0 fully saturated rings. The van der Waals surface area contributed by atoms with Crippen molar-refractivity contribution in [3.8, 4) is 11.8 Å². The maximum atomic E-state index is 12.0. The third kappa shape index (κ3) is 1.59. The number of nitrogens with zero attached hydrogens (tertiary/aromatic N) is 1. The van der Waals surface area contributed by atoms with E-state index in [0.717, 1.165) is 5.56 Å². The fraction of sp³-hybridized carbons (Fsp3) is 0.231. The highest BCUT2D eigenvalue weighted by Gasteiger charge is 2.35. The topological polar surface area (TPSA) is 50.1 Å². The molecule has 0 atom stereocenters. The standard InChI is InChI=1S/C13H11NO2/c1-13(2)12(15)10(8-14)7-9-5-3-4-6-11(9)16-13/h3-7H,1-2H3. The molecule has 1 heterocycles. The highest BCUT2D eigenvalue weighted by Crippen LogP contribution is 2.30. The van der Waals surface area contributed by atoms with Gasteiger partial charge in [-0.1, -0.05) is 18.2 Å². The summed E-state index contributed by atoms with van der Waals surface area (Å²) in [6, 6.07) is 9.22. The van der Waals surface area contributed by atoms with Crippen LogP contribution in [0.3, 0.4) is 0 Å². The van der Waals surface area contributed by atoms with Gasteiger partial charge in [0, 0.05) is 5.56 Å². The summed E-state index contributed by atoms with van der Waals surface area (Å²) in [5.74, 6) is 0.345. The Morgan fingerprint density at radius 2 is 2.00 bits per heavy atom. The molecule has 0 radical (unpaired) electrons. The average molecular weight is 213 g/mol. The van der Waals surface area contributed by atoms with Gasteiger partial charge in [0.2, 0.25) is 5.78 Å². The van der Waals surface area contributed by atoms with Gasteiger partial charge in [-0.2, -0.15) is 5.26 Å². The Balaban J connectivity index is 2.64. The second kappa shape index (κ2) is 3.49. The van der Waals surface area contributed by atoms with E-state index >= 15 is 0 Å². The molecular formula is C13H11NO2. The van der Waals surface area contributed by atoms with Gasteiger partial charge in [-0.05, 0) is 26.0 Å². The first-order valence-corrected chi connectivity index (χ1v) is 4.99. The molecule has 0 amide bonds. The molecule has 0 N–H and O–H groups in total. The number of ether oxygens (including phenoxy) is 1. The first kappa shape index (κ1) is 10.4. The molecule has 0 bridgehead atoms. The predicted octanol–water partition coefficient (Wildman–Crippen LogP) is 2.33. The Bertz CT molecular complexity index is 521. The third-order valence-corrected chi connectivity index (χ3v) is 2.50. The van der Waals surface area contributed by atoms with Gasteiger partial charge < -0.3 is 4.74 Å². The van der Waals surface area contributed by atoms with E-state index in [2.05, 4.69) is 0 Å². The van der Waals surface area contributed by atoms with Crippen LogP contribution in [0.1, 0.15) is 19.4 Å². The van der Waals surface area contributed by atoms with Crippen molar-refractivity contribution in [2.45, 2.75) is 19.4 Å². The van der Waals surface area contributed by atoms with Crippen LogP contribution in [0.2, 0.25) is 0 Å². The van der Waals surface area contributed by atoms with Gasteiger partial charge in [-0.25, -0.2) is 0 Å². The first-order valence-electron chi connectivity index (χ1n) is 4.99. The Labute approximate surface area is 94.0 Å². The number of hydrogen-bond donors (Lipinski definition) is 0. The van der Waals surface area contributed by atoms with Crippen LogP contribution in [0.4, 0.5) is 0 Å². The lowest BCUT2D eigenvalue weighted by molar-refractivity contribution is -0.127. The summed E-state index contributed by atoms with van der Waals surface area (Å²) in [6.07, 6.45) is 1.58. The van der Waals surface area contributed by atoms with Gasteiger partial charge in [0.05, 0.1) is 5.57 Å². The van der Waals surface area contributed by atoms with E-state index < -0.39 is 5.60 Å². The zero-order valence-corrected chi connectivity index (χ0v) is 9.15. The van der Waals surface area contributed by atoms with Crippen molar-refractivity contribution in [2.24, 2.45) is 0 Å². The lowest BCUT2D eigenvalue weighted by Crippen LogP contribution is -2.38. The Morgan fingerprint density at radius 1 is 1.31 bits per heavy atom. The van der Waals surface area contributed by atoms with Crippen LogP contribution in [0, 0.1) is 11.3 Å². The quantitative estimate of drug-likeness (QED) is 0.664. The van der Waals surface area contributed by atoms with Gasteiger partial charge in [-0.15, -0.1) is 0 Å². The maximum absolute atomic E-state index is 12.0. The summed E-state index contributed by atoms with van der Waals surface area (Å²) < 4.78 is 5.64. The van der Waals surface area contributed by atoms with Crippen molar-refractivity contribution in [1.29, 1.82) is 5.26 Å². The van der Waals surface area contributed by atoms with Crippen LogP contribution < -0.4 is 4.74 Å². The molecule has 0 saturated heterocycles. The number of carbonyl (C=O) groups excluding carboxylic acids is 1. The maximum Gasteiger partial charge on any atom is 0.216 e. The summed E-state index contributed by atoms with van der Waals surface area (Å²) in [6.45, 7) is 3.34. The number of hydrogen-bond acceptors (Lipinski definition) is 3. The van der Waals surface area contributed by atoms with Crippen LogP contribution in [0.5, 0.6) is 5.75 Å². The van der Waals surface area contributed by atoms with Crippen molar-refractivity contribution < 1.29 is 9.53 Å². The Morgan fingerprint density at radius 3 is 2.69 bits per heavy atom. The van der Waals surface area contributed by atoms with Gasteiger partial charge in [-0.3, -0.25) is 4.79 Å². The summed E-state index contributed by atoms with van der Waals surface area (Å²) >= 11 is 0. The summed E-state index contributed by atoms with van der Waals surface area (Å²) in [5, 5.41) is 8.95. The predicted molar refractivity (Wildman–Crippen MR) is 59.7 cm³/mol. The van der Waals surface area contributed by atoms with Crippen molar-refractivity contribution >= 4 is 11.9 Å². The van der Waals surface area contributed by atoms with Crippen LogP contribution in [-0.2, 0) is 4.79 Å². The average Bonchev–Trinajstić information content (AvgIpc) is 2.35. The largest absolute Gasteiger partial charge is 0.479 e. The van der Waals surface area contributed by atoms with Gasteiger partial charge in [0.15, 0.2) is 5.60 Å². The molecule has 0 aliphatic carbocycles. The number of ketones is 1. The molecule has 1 aliphatic rings. The fourth-order valence-corrected chi connectivity index (χ4v) is 1.64. The SMILES string of the molecule is CC1(C)Oc2ccccc2C=C(C#N)C1=O. The second-order valence-corrected chi connectivity index (χ2v) is 4.15. The number of fused-ring (bicyclic) bond motifs is 1. The van der Waals surface area contributed by atoms with Crippen molar-refractivity contribution in [2.75, 3.05) is 0 Å². The molecule has 3 nitrogen and oxygen atoms in total. The van der Waals surface area contributed by atoms with E-state index in [1.165, 1.54) is 0 Å². The number of Topliss-reactive ketones (excluding diaryl/α,β-unsaturated/α-hetero) is 1. The van der Waals surface area contributed by atoms with Crippen molar-refractivity contribution in [3.63, 3.8) is 0 Å². The Hall–Kier alpha value is -2.08. The molecule has 3 heteroatoms. The monoisotopic (exact) mass is 213 g/mol. The van der Waals surface area contributed by atoms with Crippen molar-refractivity contribution in [3.05, 3.63) is 35.4 Å². The number of carbonyl (C=O) groups is 1. The lowest BCUT2D eigenvalue weighted by Gasteiger charge is -2.23. The molecule has 16 heavy (non-hydrogen) atoms. The number of benzene rings is 1. The minimum atomic E-state index is -0.992. The molecule has 1 aromatic rings. The minimum absolute atomic E-state index is 0.134. The van der Waals surface area contributed by atoms with Crippen molar-refractivity contribution in [1.82, 2.24) is 0 Å². The third-order valence-electron chi connectivity index (χ3n) is 2.50. The zero-order valence-electron chi connectivity index (χ0n) is 9.15.